The van der Waals surface area contributed by atoms with Crippen molar-refractivity contribution in [3.63, 3.8) is 0 Å². The van der Waals surface area contributed by atoms with E-state index in [4.69, 9.17) is 21.6 Å². The Bertz CT molecular complexity index is 849. The molecule has 1 aromatic heterocycles. The maximum atomic E-state index is 11.8. The van der Waals surface area contributed by atoms with Crippen LogP contribution in [0.1, 0.15) is 23.7 Å². The van der Waals surface area contributed by atoms with Crippen LogP contribution in [-0.2, 0) is 19.4 Å². The molecule has 0 aliphatic carbocycles. The van der Waals surface area contributed by atoms with E-state index in [2.05, 4.69) is 11.7 Å². The number of nitrogens with zero attached hydrogens (tertiary/aromatic N) is 3. The van der Waals surface area contributed by atoms with Crippen molar-refractivity contribution in [3.8, 4) is 6.07 Å². The molecule has 0 N–H and O–H groups in total. The summed E-state index contributed by atoms with van der Waals surface area (Å²) in [7, 11) is -3.09. The molecule has 0 spiro atoms. The summed E-state index contributed by atoms with van der Waals surface area (Å²) in [6.45, 7) is 5.08. The average Bonchev–Trinajstić information content (AvgIpc) is 3.02. The van der Waals surface area contributed by atoms with Gasteiger partial charge in [0.15, 0.2) is 9.84 Å². The third-order valence-corrected chi connectivity index (χ3v) is 5.71. The number of aromatic nitrogens is 2. The highest BCUT2D eigenvalue weighted by Gasteiger charge is 2.32. The highest BCUT2D eigenvalue weighted by molar-refractivity contribution is 7.91. The molecule has 1 aliphatic heterocycles. The zero-order valence-electron chi connectivity index (χ0n) is 13.0. The van der Waals surface area contributed by atoms with Crippen LogP contribution in [0.2, 0.25) is 5.15 Å². The van der Waals surface area contributed by atoms with Crippen LogP contribution in [0, 0.1) is 18.3 Å². The van der Waals surface area contributed by atoms with Crippen molar-refractivity contribution in [2.24, 2.45) is 0 Å². The molecule has 0 unspecified atom stereocenters. The van der Waals surface area contributed by atoms with E-state index < -0.39 is 15.8 Å². The minimum absolute atomic E-state index is 0.0102. The summed E-state index contributed by atoms with van der Waals surface area (Å²) < 4.78 is 29.5. The molecule has 0 radical (unpaired) electrons. The number of carbonyl (C=O) groups excluding carboxylic acids is 1. The number of sulfone groups is 1. The maximum Gasteiger partial charge on any atom is 0.349 e. The Kier molecular flexibility index (Phi) is 5.47. The lowest BCUT2D eigenvalue weighted by molar-refractivity contribution is -0.137. The van der Waals surface area contributed by atoms with Crippen LogP contribution in [0.3, 0.4) is 0 Å². The Balaban J connectivity index is 2.35. The number of esters is 1. The van der Waals surface area contributed by atoms with Crippen molar-refractivity contribution in [1.82, 2.24) is 9.78 Å². The molecule has 0 amide bonds. The Morgan fingerprint density at radius 3 is 2.88 bits per heavy atom. The molecule has 0 saturated carbocycles. The van der Waals surface area contributed by atoms with E-state index >= 15 is 0 Å². The molecule has 0 bridgehead atoms. The van der Waals surface area contributed by atoms with Crippen LogP contribution in [0.25, 0.3) is 6.08 Å². The predicted molar refractivity (Wildman–Crippen MR) is 89.0 cm³/mol. The monoisotopic (exact) mass is 369 g/mol. The van der Waals surface area contributed by atoms with Gasteiger partial charge in [-0.2, -0.15) is 10.4 Å². The zero-order valence-corrected chi connectivity index (χ0v) is 14.6. The number of ether oxygens (including phenoxy) is 1. The van der Waals surface area contributed by atoms with Gasteiger partial charge < -0.3 is 4.74 Å². The predicted octanol–water partition coefficient (Wildman–Crippen LogP) is 1.84. The number of hydrogen-bond acceptors (Lipinski definition) is 6. The molecule has 1 aromatic rings. The molecule has 1 saturated heterocycles. The SMILES string of the molecule is C=CCOC(=O)/C(C#N)=C/c1c(C)nn([C@@H]2CCS(=O)(=O)C2)c1Cl. The summed E-state index contributed by atoms with van der Waals surface area (Å²) in [5.74, 6) is -0.720. The maximum absolute atomic E-state index is 11.8. The largest absolute Gasteiger partial charge is 0.457 e. The summed E-state index contributed by atoms with van der Waals surface area (Å²) >= 11 is 6.30. The number of rotatable bonds is 5. The Hall–Kier alpha value is -2.11. The summed E-state index contributed by atoms with van der Waals surface area (Å²) in [4.78, 5) is 11.8. The van der Waals surface area contributed by atoms with Crippen molar-refractivity contribution >= 4 is 33.5 Å². The molecule has 2 heterocycles. The summed E-state index contributed by atoms with van der Waals surface area (Å²) in [5, 5.41) is 13.6. The fraction of sp³-hybridized carbons (Fsp3) is 0.400. The average molecular weight is 370 g/mol. The van der Waals surface area contributed by atoms with E-state index in [1.54, 1.807) is 13.0 Å². The van der Waals surface area contributed by atoms with Gasteiger partial charge in [0.25, 0.3) is 0 Å². The van der Waals surface area contributed by atoms with Crippen LogP contribution < -0.4 is 0 Å². The minimum Gasteiger partial charge on any atom is -0.457 e. The number of halogens is 1. The molecule has 2 rings (SSSR count). The van der Waals surface area contributed by atoms with Gasteiger partial charge in [0, 0.05) is 5.56 Å². The van der Waals surface area contributed by atoms with Gasteiger partial charge in [-0.15, -0.1) is 0 Å². The number of aryl methyl sites for hydroxylation is 1. The van der Waals surface area contributed by atoms with Crippen LogP contribution in [0.4, 0.5) is 0 Å². The smallest absolute Gasteiger partial charge is 0.349 e. The molecule has 1 aliphatic rings. The molecular weight excluding hydrogens is 354 g/mol. The molecule has 1 atom stereocenters. The van der Waals surface area contributed by atoms with Gasteiger partial charge in [-0.25, -0.2) is 17.9 Å². The van der Waals surface area contributed by atoms with Crippen LogP contribution >= 0.6 is 11.6 Å². The fourth-order valence-electron chi connectivity index (χ4n) is 2.40. The molecule has 128 valence electrons. The van der Waals surface area contributed by atoms with Gasteiger partial charge in [0.1, 0.15) is 23.4 Å². The van der Waals surface area contributed by atoms with E-state index in [0.717, 1.165) is 0 Å². The molecule has 7 nitrogen and oxygen atoms in total. The molecule has 0 aromatic carbocycles. The normalized spacial score (nSPS) is 19.7. The lowest BCUT2D eigenvalue weighted by Crippen LogP contribution is -2.12. The molecular formula is C15H16ClN3O4S. The van der Waals surface area contributed by atoms with Crippen molar-refractivity contribution in [2.45, 2.75) is 19.4 Å². The molecule has 24 heavy (non-hydrogen) atoms. The summed E-state index contributed by atoms with van der Waals surface area (Å²) in [5.41, 5.74) is 0.669. The van der Waals surface area contributed by atoms with Gasteiger partial charge >= 0.3 is 5.97 Å². The third-order valence-electron chi connectivity index (χ3n) is 3.59. The van der Waals surface area contributed by atoms with E-state index in [0.29, 0.717) is 17.7 Å². The van der Waals surface area contributed by atoms with E-state index in [9.17, 15) is 13.2 Å². The first-order chi connectivity index (χ1) is 11.3. The second-order valence-electron chi connectivity index (χ2n) is 5.35. The van der Waals surface area contributed by atoms with Crippen molar-refractivity contribution < 1.29 is 17.9 Å². The van der Waals surface area contributed by atoms with Gasteiger partial charge in [0.2, 0.25) is 0 Å². The Labute approximate surface area is 145 Å². The number of carbonyl (C=O) groups is 1. The zero-order chi connectivity index (χ0) is 17.9. The second-order valence-corrected chi connectivity index (χ2v) is 7.94. The lowest BCUT2D eigenvalue weighted by atomic mass is 10.1. The van der Waals surface area contributed by atoms with E-state index in [1.165, 1.54) is 16.8 Å². The lowest BCUT2D eigenvalue weighted by Gasteiger charge is -2.09. The number of nitriles is 1. The fourth-order valence-corrected chi connectivity index (χ4v) is 4.46. The number of hydrogen-bond donors (Lipinski definition) is 0. The van der Waals surface area contributed by atoms with Gasteiger partial charge in [-0.05, 0) is 19.4 Å². The first-order valence-electron chi connectivity index (χ1n) is 7.14. The van der Waals surface area contributed by atoms with Crippen molar-refractivity contribution in [1.29, 1.82) is 5.26 Å². The summed E-state index contributed by atoms with van der Waals surface area (Å²) in [6, 6.07) is 1.42. The van der Waals surface area contributed by atoms with Gasteiger partial charge in [-0.1, -0.05) is 24.3 Å². The van der Waals surface area contributed by atoms with Crippen molar-refractivity contribution in [3.05, 3.63) is 34.6 Å². The standard InChI is InChI=1S/C15H16ClN3O4S/c1-3-5-23-15(20)11(8-17)7-13-10(2)18-19(14(13)16)12-4-6-24(21,22)9-12/h3,7,12H,1,4-6,9H2,2H3/b11-7+/t12-/m1/s1. The van der Waals surface area contributed by atoms with Gasteiger partial charge in [0.05, 0.1) is 23.2 Å². The molecule has 1 fully saturated rings. The van der Waals surface area contributed by atoms with E-state index in [1.807, 2.05) is 0 Å². The van der Waals surface area contributed by atoms with Crippen LogP contribution in [-0.4, -0.2) is 42.3 Å². The quantitative estimate of drug-likeness (QED) is 0.339. The Morgan fingerprint density at radius 1 is 1.62 bits per heavy atom. The summed E-state index contributed by atoms with van der Waals surface area (Å²) in [6.07, 6.45) is 3.12. The van der Waals surface area contributed by atoms with Gasteiger partial charge in [-0.3, -0.25) is 0 Å². The Morgan fingerprint density at radius 2 is 2.33 bits per heavy atom. The minimum atomic E-state index is -3.09. The first-order valence-corrected chi connectivity index (χ1v) is 9.34. The highest BCUT2D eigenvalue weighted by Crippen LogP contribution is 2.31. The highest BCUT2D eigenvalue weighted by atomic mass is 35.5. The van der Waals surface area contributed by atoms with Crippen LogP contribution in [0.5, 0.6) is 0 Å². The first kappa shape index (κ1) is 18.2. The third kappa shape index (κ3) is 3.86. The van der Waals surface area contributed by atoms with E-state index in [-0.39, 0.29) is 34.9 Å². The van der Waals surface area contributed by atoms with Crippen LogP contribution in [0.15, 0.2) is 18.2 Å². The van der Waals surface area contributed by atoms with Crippen molar-refractivity contribution in [2.75, 3.05) is 18.1 Å². The molecule has 9 heteroatoms. The second kappa shape index (κ2) is 7.20. The topological polar surface area (TPSA) is 102 Å².